The highest BCUT2D eigenvalue weighted by Gasteiger charge is 2.28. The molecule has 0 aliphatic carbocycles. The van der Waals surface area contributed by atoms with Crippen molar-refractivity contribution in [1.29, 1.82) is 0 Å². The van der Waals surface area contributed by atoms with E-state index >= 15 is 0 Å². The van der Waals surface area contributed by atoms with Gasteiger partial charge in [0.05, 0.1) is 12.8 Å². The lowest BCUT2D eigenvalue weighted by atomic mass is 9.79. The van der Waals surface area contributed by atoms with E-state index in [0.717, 1.165) is 11.0 Å². The van der Waals surface area contributed by atoms with Gasteiger partial charge in [-0.15, -0.1) is 0 Å². The van der Waals surface area contributed by atoms with Gasteiger partial charge in [-0.1, -0.05) is 22.8 Å². The van der Waals surface area contributed by atoms with Crippen LogP contribution in [-0.2, 0) is 16.1 Å². The molecular formula is C9H9BClNO3. The van der Waals surface area contributed by atoms with Crippen molar-refractivity contribution in [2.24, 2.45) is 5.16 Å². The fraction of sp³-hybridized carbons (Fsp3) is 0.222. The molecule has 0 amide bonds. The smallest absolute Gasteiger partial charge is 0.423 e. The van der Waals surface area contributed by atoms with E-state index in [4.69, 9.17) is 16.3 Å². The molecule has 6 heteroatoms. The average molecular weight is 225 g/mol. The van der Waals surface area contributed by atoms with Crippen LogP contribution in [0.1, 0.15) is 11.1 Å². The Balaban J connectivity index is 2.41. The summed E-state index contributed by atoms with van der Waals surface area (Å²) in [4.78, 5) is 4.56. The summed E-state index contributed by atoms with van der Waals surface area (Å²) in [6.45, 7) is 0.387. The van der Waals surface area contributed by atoms with E-state index in [2.05, 4.69) is 9.99 Å². The molecule has 0 atom stereocenters. The second-order valence-corrected chi connectivity index (χ2v) is 3.56. The Morgan fingerprint density at radius 2 is 2.47 bits per heavy atom. The Morgan fingerprint density at radius 3 is 3.20 bits per heavy atom. The molecule has 2 rings (SSSR count). The Hall–Kier alpha value is -1.04. The van der Waals surface area contributed by atoms with Crippen LogP contribution in [0.2, 0.25) is 5.02 Å². The van der Waals surface area contributed by atoms with Gasteiger partial charge in [0, 0.05) is 10.6 Å². The standard InChI is InChI=1S/C9H9BClNO3/c1-14-12-4-6-2-8-7(3-9(6)11)5-15-10(8)13/h2-4,13H,5H2,1H3. The van der Waals surface area contributed by atoms with E-state index in [1.165, 1.54) is 13.3 Å². The molecule has 4 nitrogen and oxygen atoms in total. The lowest BCUT2D eigenvalue weighted by Gasteiger charge is -2.02. The number of fused-ring (bicyclic) bond motifs is 1. The van der Waals surface area contributed by atoms with Gasteiger partial charge in [0.1, 0.15) is 7.11 Å². The van der Waals surface area contributed by atoms with E-state index in [1.54, 1.807) is 12.1 Å². The van der Waals surface area contributed by atoms with Crippen LogP contribution in [0.5, 0.6) is 0 Å². The van der Waals surface area contributed by atoms with Crippen molar-refractivity contribution in [3.8, 4) is 0 Å². The van der Waals surface area contributed by atoms with Crippen molar-refractivity contribution in [3.63, 3.8) is 0 Å². The first-order valence-electron chi connectivity index (χ1n) is 4.41. The van der Waals surface area contributed by atoms with Crippen molar-refractivity contribution < 1.29 is 14.5 Å². The van der Waals surface area contributed by atoms with E-state index < -0.39 is 7.12 Å². The normalized spacial score (nSPS) is 14.7. The molecule has 0 fully saturated rings. The van der Waals surface area contributed by atoms with Crippen LogP contribution in [0.3, 0.4) is 0 Å². The van der Waals surface area contributed by atoms with Crippen molar-refractivity contribution in [3.05, 3.63) is 28.3 Å². The molecular weight excluding hydrogens is 216 g/mol. The van der Waals surface area contributed by atoms with Crippen LogP contribution >= 0.6 is 11.6 Å². The second kappa shape index (κ2) is 4.22. The summed E-state index contributed by atoms with van der Waals surface area (Å²) in [6, 6.07) is 3.52. The Bertz CT molecular complexity index is 411. The van der Waals surface area contributed by atoms with Crippen LogP contribution < -0.4 is 5.46 Å². The summed E-state index contributed by atoms with van der Waals surface area (Å²) >= 11 is 6.01. The van der Waals surface area contributed by atoms with Gasteiger partial charge in [-0.3, -0.25) is 0 Å². The molecule has 0 saturated heterocycles. The van der Waals surface area contributed by atoms with Crippen LogP contribution in [0, 0.1) is 0 Å². The summed E-state index contributed by atoms with van der Waals surface area (Å²) in [5, 5.41) is 13.7. The maximum Gasteiger partial charge on any atom is 0.491 e. The highest BCUT2D eigenvalue weighted by Crippen LogP contribution is 2.19. The largest absolute Gasteiger partial charge is 0.491 e. The quantitative estimate of drug-likeness (QED) is 0.454. The maximum absolute atomic E-state index is 9.48. The van der Waals surface area contributed by atoms with E-state index in [9.17, 15) is 5.02 Å². The number of benzene rings is 1. The molecule has 1 aliphatic heterocycles. The number of hydrogen-bond acceptors (Lipinski definition) is 4. The summed E-state index contributed by atoms with van der Waals surface area (Å²) in [5.41, 5.74) is 2.33. The van der Waals surface area contributed by atoms with Gasteiger partial charge in [0.25, 0.3) is 0 Å². The zero-order chi connectivity index (χ0) is 10.8. The van der Waals surface area contributed by atoms with Crippen molar-refractivity contribution in [2.45, 2.75) is 6.61 Å². The lowest BCUT2D eigenvalue weighted by molar-refractivity contribution is 0.215. The molecule has 0 saturated carbocycles. The van der Waals surface area contributed by atoms with Crippen LogP contribution in [-0.4, -0.2) is 25.5 Å². The Morgan fingerprint density at radius 1 is 1.67 bits per heavy atom. The topological polar surface area (TPSA) is 51.0 Å². The second-order valence-electron chi connectivity index (χ2n) is 3.15. The summed E-state index contributed by atoms with van der Waals surface area (Å²) in [5.74, 6) is 0. The van der Waals surface area contributed by atoms with E-state index in [0.29, 0.717) is 17.2 Å². The van der Waals surface area contributed by atoms with Crippen molar-refractivity contribution in [1.82, 2.24) is 0 Å². The monoisotopic (exact) mass is 225 g/mol. The lowest BCUT2D eigenvalue weighted by Crippen LogP contribution is -2.28. The number of halogens is 1. The van der Waals surface area contributed by atoms with Gasteiger partial charge in [0.2, 0.25) is 0 Å². The van der Waals surface area contributed by atoms with Crippen LogP contribution in [0.25, 0.3) is 0 Å². The summed E-state index contributed by atoms with van der Waals surface area (Å²) < 4.78 is 5.06. The molecule has 0 aromatic heterocycles. The van der Waals surface area contributed by atoms with Crippen LogP contribution in [0.4, 0.5) is 0 Å². The van der Waals surface area contributed by atoms with Crippen LogP contribution in [0.15, 0.2) is 17.3 Å². The Labute approximate surface area is 92.6 Å². The molecule has 0 radical (unpaired) electrons. The van der Waals surface area contributed by atoms with Crippen molar-refractivity contribution >= 4 is 30.4 Å². The van der Waals surface area contributed by atoms with E-state index in [-0.39, 0.29) is 0 Å². The molecule has 0 spiro atoms. The predicted octanol–water partition coefficient (Wildman–Crippen LogP) is 0.538. The number of nitrogens with zero attached hydrogens (tertiary/aromatic N) is 1. The zero-order valence-electron chi connectivity index (χ0n) is 8.11. The third kappa shape index (κ3) is 1.99. The molecule has 1 aliphatic rings. The Kier molecular flexibility index (Phi) is 2.95. The van der Waals surface area contributed by atoms with Gasteiger partial charge in [-0.2, -0.15) is 0 Å². The first-order chi connectivity index (χ1) is 7.22. The van der Waals surface area contributed by atoms with Gasteiger partial charge in [-0.25, -0.2) is 0 Å². The minimum atomic E-state index is -0.869. The third-order valence-electron chi connectivity index (χ3n) is 2.22. The van der Waals surface area contributed by atoms with E-state index in [1.807, 2.05) is 0 Å². The molecule has 0 bridgehead atoms. The molecule has 0 unspecified atom stereocenters. The number of oxime groups is 1. The fourth-order valence-corrected chi connectivity index (χ4v) is 1.71. The molecule has 78 valence electrons. The molecule has 1 aromatic carbocycles. The summed E-state index contributed by atoms with van der Waals surface area (Å²) in [6.07, 6.45) is 1.49. The highest BCUT2D eigenvalue weighted by molar-refractivity contribution is 6.61. The highest BCUT2D eigenvalue weighted by atomic mass is 35.5. The number of hydrogen-bond donors (Lipinski definition) is 1. The third-order valence-corrected chi connectivity index (χ3v) is 2.55. The maximum atomic E-state index is 9.48. The van der Waals surface area contributed by atoms with Gasteiger partial charge in [0.15, 0.2) is 0 Å². The average Bonchev–Trinajstić information content (AvgIpc) is 2.57. The molecule has 1 N–H and O–H groups in total. The fourth-order valence-electron chi connectivity index (χ4n) is 1.47. The summed E-state index contributed by atoms with van der Waals surface area (Å²) in [7, 11) is 0.586. The van der Waals surface area contributed by atoms with Gasteiger partial charge in [-0.05, 0) is 17.1 Å². The molecule has 1 aromatic rings. The SMILES string of the molecule is CON=Cc1cc2c(cc1Cl)COB2O. The first kappa shape index (κ1) is 10.5. The molecule has 15 heavy (non-hydrogen) atoms. The minimum absolute atomic E-state index is 0.387. The molecule has 1 heterocycles. The predicted molar refractivity (Wildman–Crippen MR) is 58.5 cm³/mol. The first-order valence-corrected chi connectivity index (χ1v) is 4.78. The van der Waals surface area contributed by atoms with Crippen molar-refractivity contribution in [2.75, 3.05) is 7.11 Å². The van der Waals surface area contributed by atoms with Gasteiger partial charge < -0.3 is 14.5 Å². The number of rotatable bonds is 2. The zero-order valence-corrected chi connectivity index (χ0v) is 8.86. The van der Waals surface area contributed by atoms with Gasteiger partial charge >= 0.3 is 7.12 Å². The minimum Gasteiger partial charge on any atom is -0.423 e.